The standard InChI is InChI=1S/C22H18N2O3/c1-22(18-13-7-11-15-8-5-6-12-17(15)18)20(26)24(21(27)23-22)14-19(25)16-9-3-2-4-10-16/h2-13H,14H2,1H3,(H,23,27)/t22-/m0/s1. The number of fused-ring (bicyclic) bond motifs is 1. The van der Waals surface area contributed by atoms with E-state index in [0.29, 0.717) is 11.1 Å². The van der Waals surface area contributed by atoms with Crippen molar-refractivity contribution in [3.63, 3.8) is 0 Å². The van der Waals surface area contributed by atoms with Crippen LogP contribution in [0.1, 0.15) is 22.8 Å². The molecule has 4 rings (SSSR count). The van der Waals surface area contributed by atoms with Crippen molar-refractivity contribution < 1.29 is 14.4 Å². The number of hydrogen-bond acceptors (Lipinski definition) is 3. The third-order valence-corrected chi connectivity index (χ3v) is 5.00. The molecule has 5 nitrogen and oxygen atoms in total. The zero-order valence-corrected chi connectivity index (χ0v) is 14.8. The molecule has 1 saturated heterocycles. The first kappa shape index (κ1) is 17.0. The number of benzene rings is 3. The van der Waals surface area contributed by atoms with Gasteiger partial charge in [-0.1, -0.05) is 72.8 Å². The van der Waals surface area contributed by atoms with Gasteiger partial charge in [-0.3, -0.25) is 14.5 Å². The number of urea groups is 1. The number of amides is 3. The van der Waals surface area contributed by atoms with E-state index in [1.807, 2.05) is 48.5 Å². The van der Waals surface area contributed by atoms with Crippen molar-refractivity contribution in [1.29, 1.82) is 0 Å². The molecule has 0 spiro atoms. The third kappa shape index (κ3) is 2.77. The van der Waals surface area contributed by atoms with Crippen LogP contribution in [0, 0.1) is 0 Å². The zero-order valence-electron chi connectivity index (χ0n) is 14.8. The molecule has 3 aromatic carbocycles. The lowest BCUT2D eigenvalue weighted by atomic mass is 9.88. The Bertz CT molecular complexity index is 1060. The van der Waals surface area contributed by atoms with Crippen LogP contribution in [0.15, 0.2) is 72.8 Å². The fourth-order valence-electron chi connectivity index (χ4n) is 3.54. The Morgan fingerprint density at radius 1 is 0.926 bits per heavy atom. The maximum Gasteiger partial charge on any atom is 0.325 e. The van der Waals surface area contributed by atoms with Crippen LogP contribution in [0.3, 0.4) is 0 Å². The summed E-state index contributed by atoms with van der Waals surface area (Å²) >= 11 is 0. The Morgan fingerprint density at radius 3 is 2.37 bits per heavy atom. The Balaban J connectivity index is 1.68. The van der Waals surface area contributed by atoms with Gasteiger partial charge in [0.25, 0.3) is 5.91 Å². The smallest absolute Gasteiger partial charge is 0.319 e. The van der Waals surface area contributed by atoms with Gasteiger partial charge in [-0.25, -0.2) is 4.79 Å². The molecule has 1 fully saturated rings. The fourth-order valence-corrected chi connectivity index (χ4v) is 3.54. The van der Waals surface area contributed by atoms with E-state index in [4.69, 9.17) is 0 Å². The van der Waals surface area contributed by atoms with Crippen molar-refractivity contribution >= 4 is 28.5 Å². The van der Waals surface area contributed by atoms with Gasteiger partial charge in [0.05, 0.1) is 6.54 Å². The first-order valence-corrected chi connectivity index (χ1v) is 8.71. The number of carbonyl (C=O) groups is 3. The summed E-state index contributed by atoms with van der Waals surface area (Å²) in [5.41, 5.74) is -0.0278. The fraction of sp³-hybridized carbons (Fsp3) is 0.136. The van der Waals surface area contributed by atoms with E-state index in [9.17, 15) is 14.4 Å². The number of Topliss-reactive ketones (excluding diaryl/α,β-unsaturated/α-hetero) is 1. The number of nitrogens with zero attached hydrogens (tertiary/aromatic N) is 1. The lowest BCUT2D eigenvalue weighted by Crippen LogP contribution is -2.41. The van der Waals surface area contributed by atoms with E-state index in [2.05, 4.69) is 5.32 Å². The lowest BCUT2D eigenvalue weighted by Gasteiger charge is -2.24. The molecule has 1 aliphatic heterocycles. The Labute approximate surface area is 156 Å². The molecule has 5 heteroatoms. The minimum atomic E-state index is -1.21. The summed E-state index contributed by atoms with van der Waals surface area (Å²) in [7, 11) is 0. The molecule has 134 valence electrons. The van der Waals surface area contributed by atoms with Crippen LogP contribution in [0.25, 0.3) is 10.8 Å². The Morgan fingerprint density at radius 2 is 1.59 bits per heavy atom. The van der Waals surface area contributed by atoms with E-state index in [1.165, 1.54) is 0 Å². The number of imide groups is 1. The molecule has 1 atom stereocenters. The quantitative estimate of drug-likeness (QED) is 0.573. The summed E-state index contributed by atoms with van der Waals surface area (Å²) in [6.07, 6.45) is 0. The number of carbonyl (C=O) groups excluding carboxylic acids is 3. The van der Waals surface area contributed by atoms with Gasteiger partial charge in [-0.2, -0.15) is 0 Å². The summed E-state index contributed by atoms with van der Waals surface area (Å²) in [5, 5.41) is 4.66. The van der Waals surface area contributed by atoms with Crippen molar-refractivity contribution in [2.24, 2.45) is 0 Å². The molecule has 27 heavy (non-hydrogen) atoms. The summed E-state index contributed by atoms with van der Waals surface area (Å²) in [5.74, 6) is -0.700. The van der Waals surface area contributed by atoms with Gasteiger partial charge in [0.15, 0.2) is 5.78 Å². The van der Waals surface area contributed by atoms with Crippen LogP contribution in [0.4, 0.5) is 4.79 Å². The second kappa shape index (κ2) is 6.36. The second-order valence-electron chi connectivity index (χ2n) is 6.76. The van der Waals surface area contributed by atoms with Gasteiger partial charge in [-0.05, 0) is 23.3 Å². The average molecular weight is 358 g/mol. The SMILES string of the molecule is C[C@@]1(c2cccc3ccccc23)NC(=O)N(CC(=O)c2ccccc2)C1=O. The number of hydrogen-bond donors (Lipinski definition) is 1. The van der Waals surface area contributed by atoms with Crippen LogP contribution in [0.5, 0.6) is 0 Å². The first-order chi connectivity index (χ1) is 13.0. The Hall–Kier alpha value is -3.47. The van der Waals surface area contributed by atoms with Crippen molar-refractivity contribution in [1.82, 2.24) is 10.2 Å². The lowest BCUT2D eigenvalue weighted by molar-refractivity contribution is -0.130. The zero-order chi connectivity index (χ0) is 19.0. The van der Waals surface area contributed by atoms with Crippen LogP contribution < -0.4 is 5.32 Å². The van der Waals surface area contributed by atoms with E-state index in [1.54, 1.807) is 31.2 Å². The number of ketones is 1. The van der Waals surface area contributed by atoms with Gasteiger partial charge in [0.2, 0.25) is 0 Å². The molecule has 0 aromatic heterocycles. The van der Waals surface area contributed by atoms with Crippen molar-refractivity contribution in [3.05, 3.63) is 83.9 Å². The van der Waals surface area contributed by atoms with E-state index in [-0.39, 0.29) is 12.3 Å². The second-order valence-corrected chi connectivity index (χ2v) is 6.76. The highest BCUT2D eigenvalue weighted by atomic mass is 16.2. The molecular formula is C22H18N2O3. The third-order valence-electron chi connectivity index (χ3n) is 5.00. The molecule has 3 aromatic rings. The molecule has 1 N–H and O–H groups in total. The predicted molar refractivity (Wildman–Crippen MR) is 102 cm³/mol. The van der Waals surface area contributed by atoms with Crippen molar-refractivity contribution in [2.75, 3.05) is 6.54 Å². The van der Waals surface area contributed by atoms with Gasteiger partial charge in [0, 0.05) is 5.56 Å². The normalized spacial score (nSPS) is 19.4. The Kier molecular flexibility index (Phi) is 4.00. The van der Waals surface area contributed by atoms with E-state index in [0.717, 1.165) is 15.7 Å². The molecule has 3 amide bonds. The van der Waals surface area contributed by atoms with Crippen LogP contribution in [-0.2, 0) is 10.3 Å². The highest BCUT2D eigenvalue weighted by Gasteiger charge is 2.50. The number of rotatable bonds is 4. The molecule has 0 radical (unpaired) electrons. The topological polar surface area (TPSA) is 66.5 Å². The van der Waals surface area contributed by atoms with Crippen molar-refractivity contribution in [3.8, 4) is 0 Å². The summed E-state index contributed by atoms with van der Waals surface area (Å²) in [4.78, 5) is 39.1. The minimum Gasteiger partial charge on any atom is -0.319 e. The summed E-state index contributed by atoms with van der Waals surface area (Å²) in [6, 6.07) is 21.5. The molecular weight excluding hydrogens is 340 g/mol. The largest absolute Gasteiger partial charge is 0.325 e. The maximum absolute atomic E-state index is 13.1. The maximum atomic E-state index is 13.1. The van der Waals surface area contributed by atoms with Crippen LogP contribution in [0.2, 0.25) is 0 Å². The summed E-state index contributed by atoms with van der Waals surface area (Å²) < 4.78 is 0. The minimum absolute atomic E-state index is 0.277. The van der Waals surface area contributed by atoms with Crippen LogP contribution >= 0.6 is 0 Å². The molecule has 1 heterocycles. The van der Waals surface area contributed by atoms with Gasteiger partial charge < -0.3 is 5.32 Å². The number of nitrogens with one attached hydrogen (secondary N) is 1. The molecule has 0 unspecified atom stereocenters. The molecule has 0 saturated carbocycles. The van der Waals surface area contributed by atoms with Gasteiger partial charge >= 0.3 is 6.03 Å². The highest BCUT2D eigenvalue weighted by molar-refractivity contribution is 6.12. The molecule has 0 bridgehead atoms. The van der Waals surface area contributed by atoms with Crippen LogP contribution in [-0.4, -0.2) is 29.2 Å². The van der Waals surface area contributed by atoms with E-state index >= 15 is 0 Å². The average Bonchev–Trinajstić information content (AvgIpc) is 2.92. The first-order valence-electron chi connectivity index (χ1n) is 8.71. The molecule has 1 aliphatic rings. The monoisotopic (exact) mass is 358 g/mol. The summed E-state index contributed by atoms with van der Waals surface area (Å²) in [6.45, 7) is 1.40. The van der Waals surface area contributed by atoms with E-state index < -0.39 is 17.5 Å². The van der Waals surface area contributed by atoms with Gasteiger partial charge in [0.1, 0.15) is 5.54 Å². The van der Waals surface area contributed by atoms with Crippen molar-refractivity contribution in [2.45, 2.75) is 12.5 Å². The molecule has 0 aliphatic carbocycles. The predicted octanol–water partition coefficient (Wildman–Crippen LogP) is 3.49. The highest BCUT2D eigenvalue weighted by Crippen LogP contribution is 2.33. The van der Waals surface area contributed by atoms with Gasteiger partial charge in [-0.15, -0.1) is 0 Å².